The summed E-state index contributed by atoms with van der Waals surface area (Å²) in [6, 6.07) is 8.17. The third-order valence-corrected chi connectivity index (χ3v) is 5.17. The summed E-state index contributed by atoms with van der Waals surface area (Å²) >= 11 is 0. The van der Waals surface area contributed by atoms with Crippen LogP contribution in [-0.4, -0.2) is 23.1 Å². The average molecular weight is 293 g/mol. The van der Waals surface area contributed by atoms with Gasteiger partial charge in [0.2, 0.25) is 0 Å². The zero-order valence-electron chi connectivity index (χ0n) is 13.8. The Morgan fingerprint density at radius 3 is 2.10 bits per heavy atom. The maximum atomic E-state index is 6.31. The molecule has 0 fully saturated rings. The Labute approximate surface area is 125 Å². The second-order valence-electron chi connectivity index (χ2n) is 6.61. The van der Waals surface area contributed by atoms with Gasteiger partial charge in [-0.25, -0.2) is 0 Å². The molecule has 20 heavy (non-hydrogen) atoms. The summed E-state index contributed by atoms with van der Waals surface area (Å²) < 4.78 is 6.31. The lowest BCUT2D eigenvalue weighted by atomic mass is 10.1. The molecule has 0 saturated carbocycles. The predicted octanol–water partition coefficient (Wildman–Crippen LogP) is 5.50. The summed E-state index contributed by atoms with van der Waals surface area (Å²) in [7, 11) is -0.472. The van der Waals surface area contributed by atoms with E-state index in [-0.39, 0.29) is 5.54 Å². The molecular formula is C17H28NOP. The highest BCUT2D eigenvalue weighted by molar-refractivity contribution is 7.54. The van der Waals surface area contributed by atoms with Gasteiger partial charge < -0.3 is 4.52 Å². The zero-order chi connectivity index (χ0) is 15.3. The van der Waals surface area contributed by atoms with Crippen LogP contribution in [0, 0.1) is 0 Å². The van der Waals surface area contributed by atoms with Crippen molar-refractivity contribution in [3.8, 4) is 5.75 Å². The van der Waals surface area contributed by atoms with E-state index in [9.17, 15) is 0 Å². The minimum absolute atomic E-state index is 0.0616. The molecule has 0 bridgehead atoms. The molecule has 0 unspecified atom stereocenters. The Kier molecular flexibility index (Phi) is 6.20. The molecule has 3 heteroatoms. The fourth-order valence-electron chi connectivity index (χ4n) is 1.85. The summed E-state index contributed by atoms with van der Waals surface area (Å²) in [6.07, 6.45) is 1.93. The van der Waals surface area contributed by atoms with Crippen molar-refractivity contribution in [2.75, 3.05) is 0 Å². The smallest absolute Gasteiger partial charge is 0.132 e. The average Bonchev–Trinajstić information content (AvgIpc) is 2.32. The van der Waals surface area contributed by atoms with Crippen LogP contribution in [-0.2, 0) is 0 Å². The number of aliphatic imine (C=N–C) groups is 1. The van der Waals surface area contributed by atoms with Crippen molar-refractivity contribution in [2.45, 2.75) is 65.3 Å². The SMILES string of the molecule is CC(C)P(Oc1ccccc1C=NC(C)(C)C)C(C)C. The standard InChI is InChI=1S/C17H28NOP/c1-13(2)20(14(3)4)19-16-11-9-8-10-15(16)12-18-17(5,6)7/h8-14H,1-7H3. The van der Waals surface area contributed by atoms with E-state index in [4.69, 9.17) is 4.52 Å². The van der Waals surface area contributed by atoms with E-state index in [1.807, 2.05) is 24.4 Å². The molecule has 0 radical (unpaired) electrons. The van der Waals surface area contributed by atoms with E-state index in [1.165, 1.54) is 0 Å². The Hall–Kier alpha value is -0.880. The minimum Gasteiger partial charge on any atom is -0.473 e. The van der Waals surface area contributed by atoms with Crippen LogP contribution in [0.3, 0.4) is 0 Å². The number of para-hydroxylation sites is 1. The van der Waals surface area contributed by atoms with Gasteiger partial charge in [-0.1, -0.05) is 39.8 Å². The molecule has 0 atom stereocenters. The molecule has 1 aromatic rings. The molecule has 2 nitrogen and oxygen atoms in total. The summed E-state index contributed by atoms with van der Waals surface area (Å²) in [5, 5.41) is 0. The largest absolute Gasteiger partial charge is 0.473 e. The lowest BCUT2D eigenvalue weighted by Gasteiger charge is -2.26. The van der Waals surface area contributed by atoms with Crippen LogP contribution in [0.25, 0.3) is 0 Å². The molecule has 0 aliphatic heterocycles. The van der Waals surface area contributed by atoms with Crippen LogP contribution in [0.5, 0.6) is 5.75 Å². The van der Waals surface area contributed by atoms with Crippen molar-refractivity contribution < 1.29 is 4.52 Å². The normalized spacial score (nSPS) is 12.9. The Balaban J connectivity index is 2.98. The Bertz CT molecular complexity index is 439. The number of benzene rings is 1. The van der Waals surface area contributed by atoms with E-state index < -0.39 is 8.15 Å². The van der Waals surface area contributed by atoms with Gasteiger partial charge in [-0.2, -0.15) is 0 Å². The lowest BCUT2D eigenvalue weighted by molar-refractivity contribution is 0.582. The van der Waals surface area contributed by atoms with Crippen molar-refractivity contribution in [1.29, 1.82) is 0 Å². The van der Waals surface area contributed by atoms with Crippen molar-refractivity contribution in [3.63, 3.8) is 0 Å². The van der Waals surface area contributed by atoms with Gasteiger partial charge in [-0.3, -0.25) is 4.99 Å². The van der Waals surface area contributed by atoms with Crippen LogP contribution in [0.4, 0.5) is 0 Å². The predicted molar refractivity (Wildman–Crippen MR) is 91.6 cm³/mol. The zero-order valence-corrected chi connectivity index (χ0v) is 14.7. The quantitative estimate of drug-likeness (QED) is 0.519. The molecule has 0 aliphatic carbocycles. The summed E-state index contributed by atoms with van der Waals surface area (Å²) in [5.74, 6) is 0.953. The molecule has 0 saturated heterocycles. The third kappa shape index (κ3) is 5.63. The van der Waals surface area contributed by atoms with Crippen LogP contribution >= 0.6 is 8.15 Å². The second-order valence-corrected chi connectivity index (χ2v) is 9.57. The molecule has 0 N–H and O–H groups in total. The van der Waals surface area contributed by atoms with Gasteiger partial charge in [0.1, 0.15) is 5.75 Å². The number of hydrogen-bond donors (Lipinski definition) is 0. The summed E-state index contributed by atoms with van der Waals surface area (Å²) in [4.78, 5) is 4.59. The van der Waals surface area contributed by atoms with Gasteiger partial charge in [0.25, 0.3) is 0 Å². The first-order valence-corrected chi connectivity index (χ1v) is 8.71. The first kappa shape index (κ1) is 17.2. The topological polar surface area (TPSA) is 21.6 Å². The monoisotopic (exact) mass is 293 g/mol. The van der Waals surface area contributed by atoms with Gasteiger partial charge in [-0.05, 0) is 32.9 Å². The lowest BCUT2D eigenvalue weighted by Crippen LogP contribution is -2.11. The Morgan fingerprint density at radius 1 is 1.05 bits per heavy atom. The molecule has 112 valence electrons. The minimum atomic E-state index is -0.472. The van der Waals surface area contributed by atoms with Gasteiger partial charge in [0, 0.05) is 23.1 Å². The molecule has 0 aliphatic rings. The van der Waals surface area contributed by atoms with Crippen LogP contribution in [0.15, 0.2) is 29.3 Å². The fraction of sp³-hybridized carbons (Fsp3) is 0.588. The van der Waals surface area contributed by atoms with E-state index in [0.717, 1.165) is 11.3 Å². The molecule has 0 spiro atoms. The van der Waals surface area contributed by atoms with E-state index >= 15 is 0 Å². The van der Waals surface area contributed by atoms with Gasteiger partial charge in [-0.15, -0.1) is 0 Å². The van der Waals surface area contributed by atoms with Crippen LogP contribution in [0.1, 0.15) is 54.0 Å². The Morgan fingerprint density at radius 2 is 1.60 bits per heavy atom. The number of hydrogen-bond acceptors (Lipinski definition) is 2. The number of rotatable bonds is 5. The maximum absolute atomic E-state index is 6.31. The van der Waals surface area contributed by atoms with Crippen molar-refractivity contribution in [3.05, 3.63) is 29.8 Å². The molecule has 0 amide bonds. The van der Waals surface area contributed by atoms with E-state index in [0.29, 0.717) is 11.3 Å². The van der Waals surface area contributed by atoms with Crippen molar-refractivity contribution >= 4 is 14.4 Å². The van der Waals surface area contributed by atoms with Crippen molar-refractivity contribution in [2.24, 2.45) is 4.99 Å². The van der Waals surface area contributed by atoms with Gasteiger partial charge >= 0.3 is 0 Å². The summed E-state index contributed by atoms with van der Waals surface area (Å²) in [6.45, 7) is 15.2. The van der Waals surface area contributed by atoms with Crippen LogP contribution in [0.2, 0.25) is 0 Å². The van der Waals surface area contributed by atoms with E-state index in [2.05, 4.69) is 59.5 Å². The molecule has 0 heterocycles. The first-order valence-electron chi connectivity index (χ1n) is 7.31. The first-order chi connectivity index (χ1) is 9.20. The van der Waals surface area contributed by atoms with Gasteiger partial charge in [0.05, 0.1) is 13.7 Å². The third-order valence-electron chi connectivity index (χ3n) is 2.73. The molecule has 0 aromatic heterocycles. The highest BCUT2D eigenvalue weighted by Crippen LogP contribution is 2.47. The molecule has 1 aromatic carbocycles. The van der Waals surface area contributed by atoms with E-state index in [1.54, 1.807) is 0 Å². The van der Waals surface area contributed by atoms with Crippen LogP contribution < -0.4 is 4.52 Å². The maximum Gasteiger partial charge on any atom is 0.132 e. The molecular weight excluding hydrogens is 265 g/mol. The van der Waals surface area contributed by atoms with Gasteiger partial charge in [0.15, 0.2) is 0 Å². The van der Waals surface area contributed by atoms with Crippen molar-refractivity contribution in [1.82, 2.24) is 0 Å². The summed E-state index contributed by atoms with van der Waals surface area (Å²) in [5.41, 5.74) is 2.11. The highest BCUT2D eigenvalue weighted by Gasteiger charge is 2.20. The second kappa shape index (κ2) is 7.22. The molecule has 1 rings (SSSR count). The highest BCUT2D eigenvalue weighted by atomic mass is 31.1. The fourth-order valence-corrected chi connectivity index (χ4v) is 3.86. The number of nitrogens with zero attached hydrogens (tertiary/aromatic N) is 1.